The summed E-state index contributed by atoms with van der Waals surface area (Å²) in [5.41, 5.74) is 2.38. The average Bonchev–Trinajstić information content (AvgIpc) is 2.39. The van der Waals surface area contributed by atoms with E-state index in [1.54, 1.807) is 6.07 Å². The number of carbonyl (C=O) groups excluding carboxylic acids is 2. The summed E-state index contributed by atoms with van der Waals surface area (Å²) < 4.78 is 0. The second-order valence-corrected chi connectivity index (χ2v) is 5.22. The Labute approximate surface area is 130 Å². The fraction of sp³-hybridized carbons (Fsp3) is 0.400. The predicted octanol–water partition coefficient (Wildman–Crippen LogP) is 2.96. The van der Waals surface area contributed by atoms with E-state index in [-0.39, 0.29) is 16.9 Å². The number of unbranched alkanes of at least 4 members (excludes halogenated alkanes) is 1. The van der Waals surface area contributed by atoms with E-state index in [2.05, 4.69) is 16.0 Å². The van der Waals surface area contributed by atoms with E-state index in [4.69, 9.17) is 12.2 Å². The number of hydrogen-bond donors (Lipinski definition) is 3. The monoisotopic (exact) mass is 307 g/mol. The van der Waals surface area contributed by atoms with Gasteiger partial charge in [-0.15, -0.1) is 0 Å². The van der Waals surface area contributed by atoms with E-state index in [1.165, 1.54) is 6.92 Å². The lowest BCUT2D eigenvalue weighted by molar-refractivity contribution is -0.119. The predicted molar refractivity (Wildman–Crippen MR) is 89.4 cm³/mol. The second-order valence-electron chi connectivity index (χ2n) is 4.82. The Morgan fingerprint density at radius 2 is 1.95 bits per heavy atom. The van der Waals surface area contributed by atoms with Crippen LogP contribution in [0.1, 0.15) is 38.7 Å². The van der Waals surface area contributed by atoms with Gasteiger partial charge in [0.15, 0.2) is 5.11 Å². The molecule has 0 unspecified atom stereocenters. The Kier molecular flexibility index (Phi) is 6.81. The van der Waals surface area contributed by atoms with Gasteiger partial charge in [0.1, 0.15) is 0 Å². The summed E-state index contributed by atoms with van der Waals surface area (Å²) in [5, 5.41) is 8.57. The molecule has 0 saturated heterocycles. The van der Waals surface area contributed by atoms with E-state index in [1.807, 2.05) is 26.0 Å². The first-order valence-electron chi connectivity index (χ1n) is 6.91. The molecule has 0 aliphatic carbocycles. The molecule has 0 fully saturated rings. The van der Waals surface area contributed by atoms with E-state index >= 15 is 0 Å². The van der Waals surface area contributed by atoms with Crippen molar-refractivity contribution in [1.82, 2.24) is 5.32 Å². The SMILES string of the molecule is CCCCC(=O)NC(=S)Nc1ccc(C)c(NC(C)=O)c1. The summed E-state index contributed by atoms with van der Waals surface area (Å²) in [7, 11) is 0. The summed E-state index contributed by atoms with van der Waals surface area (Å²) in [6.45, 7) is 5.39. The van der Waals surface area contributed by atoms with Crippen molar-refractivity contribution in [3.63, 3.8) is 0 Å². The standard InChI is InChI=1S/C15H21N3O2S/c1-4-5-6-14(20)18-15(21)17-12-8-7-10(2)13(9-12)16-11(3)19/h7-9H,4-6H2,1-3H3,(H,16,19)(H2,17,18,20,21). The van der Waals surface area contributed by atoms with Crippen LogP contribution in [0.2, 0.25) is 0 Å². The molecular weight excluding hydrogens is 286 g/mol. The molecule has 0 spiro atoms. The molecule has 0 saturated carbocycles. The molecule has 0 atom stereocenters. The number of aryl methyl sites for hydroxylation is 1. The highest BCUT2D eigenvalue weighted by molar-refractivity contribution is 7.80. The van der Waals surface area contributed by atoms with E-state index in [0.717, 1.165) is 18.4 Å². The first-order chi connectivity index (χ1) is 9.92. The molecule has 0 radical (unpaired) electrons. The first kappa shape index (κ1) is 17.1. The summed E-state index contributed by atoms with van der Waals surface area (Å²) in [6, 6.07) is 5.49. The number of carbonyl (C=O) groups is 2. The lowest BCUT2D eigenvalue weighted by atomic mass is 10.2. The number of anilines is 2. The molecule has 0 aromatic heterocycles. The number of rotatable bonds is 5. The van der Waals surface area contributed by atoms with Gasteiger partial charge >= 0.3 is 0 Å². The molecule has 0 aliphatic heterocycles. The van der Waals surface area contributed by atoms with Gasteiger partial charge in [-0.05, 0) is 43.3 Å². The Hall–Kier alpha value is -1.95. The minimum Gasteiger partial charge on any atom is -0.332 e. The third kappa shape index (κ3) is 6.35. The maximum absolute atomic E-state index is 11.6. The molecule has 0 aliphatic rings. The van der Waals surface area contributed by atoms with Gasteiger partial charge in [0.25, 0.3) is 0 Å². The number of thiocarbonyl (C=S) groups is 1. The molecule has 1 aromatic rings. The van der Waals surface area contributed by atoms with Crippen LogP contribution in [-0.4, -0.2) is 16.9 Å². The van der Waals surface area contributed by atoms with Gasteiger partial charge in [0.05, 0.1) is 0 Å². The highest BCUT2D eigenvalue weighted by Gasteiger charge is 2.06. The highest BCUT2D eigenvalue weighted by atomic mass is 32.1. The highest BCUT2D eigenvalue weighted by Crippen LogP contribution is 2.20. The van der Waals surface area contributed by atoms with Crippen LogP contribution in [0.25, 0.3) is 0 Å². The van der Waals surface area contributed by atoms with Crippen LogP contribution in [0.15, 0.2) is 18.2 Å². The van der Waals surface area contributed by atoms with Crippen molar-refractivity contribution >= 4 is 40.5 Å². The summed E-state index contributed by atoms with van der Waals surface area (Å²) in [4.78, 5) is 22.7. The van der Waals surface area contributed by atoms with Crippen molar-refractivity contribution in [2.45, 2.75) is 40.0 Å². The van der Waals surface area contributed by atoms with Crippen molar-refractivity contribution < 1.29 is 9.59 Å². The maximum Gasteiger partial charge on any atom is 0.226 e. The van der Waals surface area contributed by atoms with Gasteiger partial charge in [-0.3, -0.25) is 9.59 Å². The van der Waals surface area contributed by atoms with Crippen molar-refractivity contribution in [2.24, 2.45) is 0 Å². The maximum atomic E-state index is 11.6. The molecule has 6 heteroatoms. The minimum absolute atomic E-state index is 0.0939. The van der Waals surface area contributed by atoms with Crippen molar-refractivity contribution in [1.29, 1.82) is 0 Å². The van der Waals surface area contributed by atoms with Crippen LogP contribution in [0.4, 0.5) is 11.4 Å². The topological polar surface area (TPSA) is 70.2 Å². The van der Waals surface area contributed by atoms with Crippen LogP contribution in [-0.2, 0) is 9.59 Å². The number of hydrogen-bond acceptors (Lipinski definition) is 3. The quantitative estimate of drug-likeness (QED) is 0.732. The number of nitrogens with one attached hydrogen (secondary N) is 3. The lowest BCUT2D eigenvalue weighted by Crippen LogP contribution is -2.33. The first-order valence-corrected chi connectivity index (χ1v) is 7.32. The summed E-state index contributed by atoms with van der Waals surface area (Å²) in [5.74, 6) is -0.228. The fourth-order valence-electron chi connectivity index (χ4n) is 1.71. The summed E-state index contributed by atoms with van der Waals surface area (Å²) in [6.07, 6.45) is 2.26. The minimum atomic E-state index is -0.134. The van der Waals surface area contributed by atoms with Crippen LogP contribution in [0.5, 0.6) is 0 Å². The van der Waals surface area contributed by atoms with Gasteiger partial charge in [-0.25, -0.2) is 0 Å². The molecule has 3 N–H and O–H groups in total. The molecule has 5 nitrogen and oxygen atoms in total. The van der Waals surface area contributed by atoms with Crippen molar-refractivity contribution in [2.75, 3.05) is 10.6 Å². The average molecular weight is 307 g/mol. The largest absolute Gasteiger partial charge is 0.332 e. The zero-order valence-electron chi connectivity index (χ0n) is 12.6. The van der Waals surface area contributed by atoms with Gasteiger partial charge in [-0.2, -0.15) is 0 Å². The zero-order valence-corrected chi connectivity index (χ0v) is 13.4. The fourth-order valence-corrected chi connectivity index (χ4v) is 1.94. The van der Waals surface area contributed by atoms with Crippen LogP contribution in [0, 0.1) is 6.92 Å². The smallest absolute Gasteiger partial charge is 0.226 e. The van der Waals surface area contributed by atoms with E-state index < -0.39 is 0 Å². The molecule has 2 amide bonds. The molecule has 0 bridgehead atoms. The third-order valence-corrected chi connectivity index (χ3v) is 3.02. The molecule has 21 heavy (non-hydrogen) atoms. The third-order valence-electron chi connectivity index (χ3n) is 2.82. The van der Waals surface area contributed by atoms with E-state index in [0.29, 0.717) is 17.8 Å². The normalized spacial score (nSPS) is 9.86. The van der Waals surface area contributed by atoms with Gasteiger partial charge in [-0.1, -0.05) is 19.4 Å². The van der Waals surface area contributed by atoms with E-state index in [9.17, 15) is 9.59 Å². The Morgan fingerprint density at radius 3 is 2.57 bits per heavy atom. The van der Waals surface area contributed by atoms with Gasteiger partial charge in [0.2, 0.25) is 11.8 Å². The Balaban J connectivity index is 2.64. The van der Waals surface area contributed by atoms with Crippen LogP contribution < -0.4 is 16.0 Å². The number of amides is 2. The van der Waals surface area contributed by atoms with Crippen LogP contribution in [0.3, 0.4) is 0 Å². The number of benzene rings is 1. The molecule has 1 rings (SSSR count). The van der Waals surface area contributed by atoms with Gasteiger partial charge in [0, 0.05) is 24.7 Å². The zero-order chi connectivity index (χ0) is 15.8. The van der Waals surface area contributed by atoms with Gasteiger partial charge < -0.3 is 16.0 Å². The Morgan fingerprint density at radius 1 is 1.24 bits per heavy atom. The van der Waals surface area contributed by atoms with Crippen LogP contribution >= 0.6 is 12.2 Å². The molecular formula is C15H21N3O2S. The second kappa shape index (κ2) is 8.36. The lowest BCUT2D eigenvalue weighted by Gasteiger charge is -2.12. The van der Waals surface area contributed by atoms with Crippen molar-refractivity contribution in [3.05, 3.63) is 23.8 Å². The molecule has 0 heterocycles. The molecule has 1 aromatic carbocycles. The molecule has 114 valence electrons. The summed E-state index contributed by atoms with van der Waals surface area (Å²) >= 11 is 5.10. The van der Waals surface area contributed by atoms with Crippen molar-refractivity contribution in [3.8, 4) is 0 Å². The Bertz CT molecular complexity index is 544.